The summed E-state index contributed by atoms with van der Waals surface area (Å²) in [6.45, 7) is 3.85. The Morgan fingerprint density at radius 1 is 1.24 bits per heavy atom. The van der Waals surface area contributed by atoms with E-state index in [9.17, 15) is 4.79 Å². The van der Waals surface area contributed by atoms with Gasteiger partial charge >= 0.3 is 0 Å². The van der Waals surface area contributed by atoms with Crippen molar-refractivity contribution < 1.29 is 19.0 Å². The third-order valence-electron chi connectivity index (χ3n) is 5.50. The van der Waals surface area contributed by atoms with Crippen LogP contribution in [0.1, 0.15) is 24.8 Å². The monoisotopic (exact) mass is 398 g/mol. The normalized spacial score (nSPS) is 19.3. The van der Waals surface area contributed by atoms with Gasteiger partial charge in [-0.3, -0.25) is 4.79 Å². The van der Waals surface area contributed by atoms with Gasteiger partial charge in [0.05, 0.1) is 13.2 Å². The molecule has 0 aromatic heterocycles. The van der Waals surface area contributed by atoms with E-state index in [4.69, 9.17) is 14.2 Å². The van der Waals surface area contributed by atoms with Gasteiger partial charge < -0.3 is 24.4 Å². The van der Waals surface area contributed by atoms with Crippen LogP contribution >= 0.6 is 0 Å². The van der Waals surface area contributed by atoms with Crippen LogP contribution < -0.4 is 10.1 Å². The molecule has 1 aliphatic carbocycles. The molecule has 1 saturated heterocycles. The molecule has 2 aromatic rings. The first kappa shape index (κ1) is 20.1. The van der Waals surface area contributed by atoms with Crippen molar-refractivity contribution in [1.29, 1.82) is 0 Å². The van der Waals surface area contributed by atoms with Crippen molar-refractivity contribution in [2.24, 2.45) is 0 Å². The number of hydrogen-bond donors (Lipinski definition) is 1. The fraction of sp³-hybridized carbons (Fsp3) is 0.522. The Labute approximate surface area is 172 Å². The van der Waals surface area contributed by atoms with Gasteiger partial charge in [-0.25, -0.2) is 0 Å². The lowest BCUT2D eigenvalue weighted by Gasteiger charge is -2.30. The smallest absolute Gasteiger partial charge is 0.253 e. The van der Waals surface area contributed by atoms with E-state index in [1.165, 1.54) is 0 Å². The number of benzene rings is 2. The van der Waals surface area contributed by atoms with Crippen molar-refractivity contribution in [1.82, 2.24) is 10.2 Å². The number of nitrogens with one attached hydrogen (secondary N) is 1. The Kier molecular flexibility index (Phi) is 6.64. The lowest BCUT2D eigenvalue weighted by Crippen LogP contribution is -2.49. The van der Waals surface area contributed by atoms with Crippen LogP contribution in [0.4, 0.5) is 0 Å². The fourth-order valence-electron chi connectivity index (χ4n) is 3.83. The SMILES string of the molecule is COCCCOc1cc(CN(C(=O)[C@H]2CNCCO2)C2CC2)c2ccccc2c1. The van der Waals surface area contributed by atoms with E-state index in [2.05, 4.69) is 29.6 Å². The maximum Gasteiger partial charge on any atom is 0.253 e. The summed E-state index contributed by atoms with van der Waals surface area (Å²) in [7, 11) is 1.70. The summed E-state index contributed by atoms with van der Waals surface area (Å²) in [6, 6.07) is 12.8. The third kappa shape index (κ3) is 5.07. The van der Waals surface area contributed by atoms with Gasteiger partial charge in [0.15, 0.2) is 0 Å². The van der Waals surface area contributed by atoms with Crippen molar-refractivity contribution in [3.8, 4) is 5.75 Å². The highest BCUT2D eigenvalue weighted by atomic mass is 16.5. The predicted molar refractivity (Wildman–Crippen MR) is 112 cm³/mol. The lowest BCUT2D eigenvalue weighted by molar-refractivity contribution is -0.146. The quantitative estimate of drug-likeness (QED) is 0.658. The Morgan fingerprint density at radius 3 is 2.86 bits per heavy atom. The van der Waals surface area contributed by atoms with E-state index in [1.807, 2.05) is 17.0 Å². The summed E-state index contributed by atoms with van der Waals surface area (Å²) in [6.07, 6.45) is 2.59. The summed E-state index contributed by atoms with van der Waals surface area (Å²) < 4.78 is 16.8. The van der Waals surface area contributed by atoms with E-state index in [1.54, 1.807) is 7.11 Å². The van der Waals surface area contributed by atoms with Crippen molar-refractivity contribution in [3.63, 3.8) is 0 Å². The summed E-state index contributed by atoms with van der Waals surface area (Å²) in [5.74, 6) is 0.934. The van der Waals surface area contributed by atoms with Crippen LogP contribution in [0, 0.1) is 0 Å². The molecular weight excluding hydrogens is 368 g/mol. The Hall–Kier alpha value is -2.15. The molecule has 4 rings (SSSR count). The molecule has 1 saturated carbocycles. The molecule has 2 aliphatic rings. The molecule has 1 atom stereocenters. The second kappa shape index (κ2) is 9.57. The second-order valence-corrected chi connectivity index (χ2v) is 7.76. The van der Waals surface area contributed by atoms with Gasteiger partial charge in [-0.1, -0.05) is 24.3 Å². The molecule has 1 heterocycles. The maximum absolute atomic E-state index is 13.2. The zero-order valence-electron chi connectivity index (χ0n) is 17.1. The van der Waals surface area contributed by atoms with Gasteiger partial charge in [0.1, 0.15) is 11.9 Å². The van der Waals surface area contributed by atoms with Crippen LogP contribution in [-0.4, -0.2) is 63.0 Å². The van der Waals surface area contributed by atoms with Crippen molar-refractivity contribution in [2.75, 3.05) is 40.0 Å². The molecule has 6 nitrogen and oxygen atoms in total. The number of amides is 1. The van der Waals surface area contributed by atoms with Gasteiger partial charge in [0.25, 0.3) is 5.91 Å². The maximum atomic E-state index is 13.2. The average Bonchev–Trinajstić information content (AvgIpc) is 3.60. The average molecular weight is 399 g/mol. The van der Waals surface area contributed by atoms with Gasteiger partial charge in [-0.05, 0) is 41.3 Å². The molecule has 2 aromatic carbocycles. The number of carbonyl (C=O) groups excluding carboxylic acids is 1. The Morgan fingerprint density at radius 2 is 2.10 bits per heavy atom. The zero-order chi connectivity index (χ0) is 20.1. The summed E-state index contributed by atoms with van der Waals surface area (Å²) in [5.41, 5.74) is 1.12. The van der Waals surface area contributed by atoms with Crippen LogP contribution in [0.5, 0.6) is 5.75 Å². The van der Waals surface area contributed by atoms with Crippen LogP contribution in [0.3, 0.4) is 0 Å². The molecule has 29 heavy (non-hydrogen) atoms. The number of fused-ring (bicyclic) bond motifs is 1. The third-order valence-corrected chi connectivity index (χ3v) is 5.50. The molecule has 1 amide bonds. The van der Waals surface area contributed by atoms with E-state index in [0.29, 0.717) is 39.0 Å². The van der Waals surface area contributed by atoms with Crippen LogP contribution in [0.15, 0.2) is 36.4 Å². The predicted octanol–water partition coefficient (Wildman–Crippen LogP) is 2.73. The minimum absolute atomic E-state index is 0.0928. The first-order valence-electron chi connectivity index (χ1n) is 10.5. The van der Waals surface area contributed by atoms with Gasteiger partial charge in [-0.15, -0.1) is 0 Å². The van der Waals surface area contributed by atoms with Crippen molar-refractivity contribution in [2.45, 2.75) is 38.0 Å². The molecule has 0 bridgehead atoms. The number of morpholine rings is 1. The number of methoxy groups -OCH3 is 1. The first-order chi connectivity index (χ1) is 14.3. The van der Waals surface area contributed by atoms with Crippen molar-refractivity contribution >= 4 is 16.7 Å². The molecule has 0 radical (unpaired) electrons. The highest BCUT2D eigenvalue weighted by Crippen LogP contribution is 2.32. The van der Waals surface area contributed by atoms with E-state index >= 15 is 0 Å². The topological polar surface area (TPSA) is 60.0 Å². The number of ether oxygens (including phenoxy) is 3. The van der Waals surface area contributed by atoms with E-state index < -0.39 is 0 Å². The minimum Gasteiger partial charge on any atom is -0.493 e. The van der Waals surface area contributed by atoms with E-state index in [-0.39, 0.29) is 12.0 Å². The molecule has 6 heteroatoms. The Balaban J connectivity index is 1.56. The zero-order valence-corrected chi connectivity index (χ0v) is 17.1. The van der Waals surface area contributed by atoms with Crippen molar-refractivity contribution in [3.05, 3.63) is 42.0 Å². The minimum atomic E-state index is -0.385. The number of carbonyl (C=O) groups is 1. The molecular formula is C23H30N2O4. The number of hydrogen-bond acceptors (Lipinski definition) is 5. The molecule has 1 N–H and O–H groups in total. The summed E-state index contributed by atoms with van der Waals surface area (Å²) in [4.78, 5) is 15.2. The van der Waals surface area contributed by atoms with Gasteiger partial charge in [0, 0.05) is 45.8 Å². The molecule has 0 spiro atoms. The molecule has 0 unspecified atom stereocenters. The first-order valence-corrected chi connectivity index (χ1v) is 10.5. The largest absolute Gasteiger partial charge is 0.493 e. The van der Waals surface area contributed by atoms with Crippen LogP contribution in [-0.2, 0) is 20.8 Å². The Bertz CT molecular complexity index is 831. The van der Waals surface area contributed by atoms with Gasteiger partial charge in [0.2, 0.25) is 0 Å². The fourth-order valence-corrected chi connectivity index (χ4v) is 3.83. The molecule has 1 aliphatic heterocycles. The number of rotatable bonds is 9. The van der Waals surface area contributed by atoms with Gasteiger partial charge in [-0.2, -0.15) is 0 Å². The molecule has 156 valence electrons. The van der Waals surface area contributed by atoms with E-state index in [0.717, 1.165) is 47.9 Å². The lowest BCUT2D eigenvalue weighted by atomic mass is 10.0. The second-order valence-electron chi connectivity index (χ2n) is 7.76. The molecule has 2 fully saturated rings. The highest BCUT2D eigenvalue weighted by Gasteiger charge is 2.37. The number of nitrogens with zero attached hydrogens (tertiary/aromatic N) is 1. The highest BCUT2D eigenvalue weighted by molar-refractivity contribution is 5.88. The summed E-state index contributed by atoms with van der Waals surface area (Å²) >= 11 is 0. The standard InChI is InChI=1S/C23H30N2O4/c1-27-10-4-11-28-20-13-17-5-2-3-6-21(17)18(14-20)16-25(19-7-8-19)23(26)22-15-24-9-12-29-22/h2-3,5-6,13-14,19,22,24H,4,7-12,15-16H2,1H3/t22-/m1/s1. The van der Waals surface area contributed by atoms with Crippen LogP contribution in [0.2, 0.25) is 0 Å². The summed E-state index contributed by atoms with van der Waals surface area (Å²) in [5, 5.41) is 5.56. The van der Waals surface area contributed by atoms with Crippen LogP contribution in [0.25, 0.3) is 10.8 Å².